The summed E-state index contributed by atoms with van der Waals surface area (Å²) in [7, 11) is 0. The molecule has 0 radical (unpaired) electrons. The van der Waals surface area contributed by atoms with E-state index in [4.69, 9.17) is 12.2 Å². The molecule has 0 fully saturated rings. The normalized spacial score (nSPS) is 17.1. The first-order valence-corrected chi connectivity index (χ1v) is 9.85. The van der Waals surface area contributed by atoms with Crippen LogP contribution in [-0.4, -0.2) is 22.5 Å². The van der Waals surface area contributed by atoms with E-state index in [2.05, 4.69) is 49.4 Å². The summed E-state index contributed by atoms with van der Waals surface area (Å²) in [5, 5.41) is 5.54. The third-order valence-electron chi connectivity index (χ3n) is 4.77. The fourth-order valence-corrected chi connectivity index (χ4v) is 4.45. The number of hydrogen-bond acceptors (Lipinski definition) is 3. The minimum atomic E-state index is -0.145. The monoisotopic (exact) mass is 372 g/mol. The Hall–Kier alpha value is -1.72. The van der Waals surface area contributed by atoms with Crippen LogP contribution in [0.4, 0.5) is 0 Å². The maximum atomic E-state index is 12.5. The second-order valence-corrected chi connectivity index (χ2v) is 8.89. The van der Waals surface area contributed by atoms with Gasteiger partial charge in [0, 0.05) is 17.0 Å². The van der Waals surface area contributed by atoms with Crippen molar-refractivity contribution in [2.75, 3.05) is 6.54 Å². The maximum absolute atomic E-state index is 12.5. The van der Waals surface area contributed by atoms with Crippen molar-refractivity contribution in [2.45, 2.75) is 45.6 Å². The Balaban J connectivity index is 1.68. The van der Waals surface area contributed by atoms with Gasteiger partial charge in [-0.1, -0.05) is 32.9 Å². The van der Waals surface area contributed by atoms with Crippen molar-refractivity contribution < 1.29 is 4.79 Å². The number of carbonyl (C=O) groups excluding carboxylic acids is 1. The first kappa shape index (κ1) is 18.1. The minimum Gasteiger partial charge on any atom is -0.342 e. The highest BCUT2D eigenvalue weighted by Gasteiger charge is 2.27. The summed E-state index contributed by atoms with van der Waals surface area (Å²) in [4.78, 5) is 16.1. The summed E-state index contributed by atoms with van der Waals surface area (Å²) in [6, 6.07) is 10.1. The molecule has 25 heavy (non-hydrogen) atoms. The molecule has 1 aliphatic rings. The van der Waals surface area contributed by atoms with Gasteiger partial charge in [-0.05, 0) is 65.7 Å². The molecule has 1 aliphatic heterocycles. The number of amides is 1. The van der Waals surface area contributed by atoms with Gasteiger partial charge in [-0.15, -0.1) is 11.3 Å². The molecule has 0 saturated carbocycles. The standard InChI is InChI=1S/C20H24N2OS2/c1-13-16-10-12-25-17(16)9-11-22(13)19(24)21-18(23)14-5-7-15(8-6-14)20(2,3)4/h5-8,10,12-13H,9,11H2,1-4H3,(H,21,23,24)/t13-/m0/s1. The predicted molar refractivity (Wildman–Crippen MR) is 108 cm³/mol. The van der Waals surface area contributed by atoms with E-state index in [-0.39, 0.29) is 17.4 Å². The number of nitrogens with zero attached hydrogens (tertiary/aromatic N) is 1. The molecule has 3 rings (SSSR count). The number of thiocarbonyl (C=S) groups is 1. The number of thiophene rings is 1. The van der Waals surface area contributed by atoms with Crippen molar-refractivity contribution >= 4 is 34.6 Å². The van der Waals surface area contributed by atoms with Gasteiger partial charge in [0.1, 0.15) is 0 Å². The minimum absolute atomic E-state index is 0.0752. The fraction of sp³-hybridized carbons (Fsp3) is 0.400. The van der Waals surface area contributed by atoms with Crippen molar-refractivity contribution in [3.8, 4) is 0 Å². The van der Waals surface area contributed by atoms with Gasteiger partial charge in [0.15, 0.2) is 5.11 Å². The van der Waals surface area contributed by atoms with E-state index in [0.717, 1.165) is 13.0 Å². The van der Waals surface area contributed by atoms with Gasteiger partial charge in [0.2, 0.25) is 0 Å². The molecule has 1 amide bonds. The zero-order chi connectivity index (χ0) is 18.2. The second kappa shape index (κ2) is 6.89. The fourth-order valence-electron chi connectivity index (χ4n) is 3.15. The summed E-state index contributed by atoms with van der Waals surface area (Å²) in [6.07, 6.45) is 0.980. The average Bonchev–Trinajstić information content (AvgIpc) is 3.04. The lowest BCUT2D eigenvalue weighted by Crippen LogP contribution is -2.46. The van der Waals surface area contributed by atoms with Gasteiger partial charge in [-0.2, -0.15) is 0 Å². The molecular weight excluding hydrogens is 348 g/mol. The predicted octanol–water partition coefficient (Wildman–Crippen LogP) is 4.68. The average molecular weight is 373 g/mol. The van der Waals surface area contributed by atoms with Gasteiger partial charge in [0.05, 0.1) is 6.04 Å². The molecule has 0 saturated heterocycles. The summed E-state index contributed by atoms with van der Waals surface area (Å²) >= 11 is 7.31. The molecule has 1 N–H and O–H groups in total. The largest absolute Gasteiger partial charge is 0.342 e. The van der Waals surface area contributed by atoms with Gasteiger partial charge < -0.3 is 4.90 Å². The van der Waals surface area contributed by atoms with Crippen LogP contribution in [0.1, 0.15) is 60.1 Å². The molecule has 132 valence electrons. The van der Waals surface area contributed by atoms with E-state index >= 15 is 0 Å². The number of benzene rings is 1. The molecule has 0 spiro atoms. The molecular formula is C20H24N2OS2. The lowest BCUT2D eigenvalue weighted by atomic mass is 9.87. The molecule has 1 aromatic carbocycles. The number of carbonyl (C=O) groups is 1. The molecule has 2 heterocycles. The molecule has 5 heteroatoms. The van der Waals surface area contributed by atoms with Crippen molar-refractivity contribution in [1.29, 1.82) is 0 Å². The van der Waals surface area contributed by atoms with Crippen LogP contribution in [0.3, 0.4) is 0 Å². The summed E-state index contributed by atoms with van der Waals surface area (Å²) in [5.74, 6) is -0.145. The van der Waals surface area contributed by atoms with Gasteiger partial charge in [0.25, 0.3) is 5.91 Å². The van der Waals surface area contributed by atoms with Crippen molar-refractivity contribution in [3.63, 3.8) is 0 Å². The Kier molecular flexibility index (Phi) is 4.98. The molecule has 3 nitrogen and oxygen atoms in total. The highest BCUT2D eigenvalue weighted by molar-refractivity contribution is 7.80. The Morgan fingerprint density at radius 2 is 1.92 bits per heavy atom. The van der Waals surface area contributed by atoms with Crippen LogP contribution in [0.2, 0.25) is 0 Å². The molecule has 0 aliphatic carbocycles. The Morgan fingerprint density at radius 1 is 1.24 bits per heavy atom. The quantitative estimate of drug-likeness (QED) is 0.738. The Labute approximate surface area is 159 Å². The number of fused-ring (bicyclic) bond motifs is 1. The first-order valence-electron chi connectivity index (χ1n) is 8.56. The van der Waals surface area contributed by atoms with Crippen LogP contribution in [0.5, 0.6) is 0 Å². The van der Waals surface area contributed by atoms with Crippen molar-refractivity contribution in [3.05, 3.63) is 57.3 Å². The smallest absolute Gasteiger partial charge is 0.257 e. The van der Waals surface area contributed by atoms with E-state index in [1.165, 1.54) is 16.0 Å². The van der Waals surface area contributed by atoms with Crippen LogP contribution in [0, 0.1) is 0 Å². The molecule has 0 unspecified atom stereocenters. The topological polar surface area (TPSA) is 32.3 Å². The maximum Gasteiger partial charge on any atom is 0.257 e. The van der Waals surface area contributed by atoms with Crippen molar-refractivity contribution in [1.82, 2.24) is 10.2 Å². The van der Waals surface area contributed by atoms with Gasteiger partial charge in [-0.25, -0.2) is 0 Å². The van der Waals surface area contributed by atoms with E-state index in [1.807, 2.05) is 24.3 Å². The van der Waals surface area contributed by atoms with E-state index < -0.39 is 0 Å². The number of nitrogens with one attached hydrogen (secondary N) is 1. The summed E-state index contributed by atoms with van der Waals surface area (Å²) in [5.41, 5.74) is 3.24. The van der Waals surface area contributed by atoms with Crippen molar-refractivity contribution in [2.24, 2.45) is 0 Å². The zero-order valence-corrected chi connectivity index (χ0v) is 16.8. The Bertz CT molecular complexity index is 787. The van der Waals surface area contributed by atoms with Crippen LogP contribution in [0.25, 0.3) is 0 Å². The third-order valence-corrected chi connectivity index (χ3v) is 6.10. The Morgan fingerprint density at radius 3 is 2.56 bits per heavy atom. The van der Waals surface area contributed by atoms with Crippen LogP contribution in [-0.2, 0) is 11.8 Å². The van der Waals surface area contributed by atoms with E-state index in [1.54, 1.807) is 11.3 Å². The lowest BCUT2D eigenvalue weighted by molar-refractivity contribution is 0.0971. The first-order chi connectivity index (χ1) is 11.8. The van der Waals surface area contributed by atoms with Gasteiger partial charge in [-0.3, -0.25) is 10.1 Å². The number of rotatable bonds is 1. The third kappa shape index (κ3) is 3.77. The van der Waals surface area contributed by atoms with Crippen LogP contribution in [0.15, 0.2) is 35.7 Å². The lowest BCUT2D eigenvalue weighted by Gasteiger charge is -2.35. The van der Waals surface area contributed by atoms with E-state index in [9.17, 15) is 4.79 Å². The zero-order valence-electron chi connectivity index (χ0n) is 15.1. The van der Waals surface area contributed by atoms with Crippen LogP contribution < -0.4 is 5.32 Å². The molecule has 2 aromatic rings. The summed E-state index contributed by atoms with van der Waals surface area (Å²) < 4.78 is 0. The highest BCUT2D eigenvalue weighted by Crippen LogP contribution is 2.32. The number of hydrogen-bond donors (Lipinski definition) is 1. The molecule has 0 bridgehead atoms. The van der Waals surface area contributed by atoms with E-state index in [0.29, 0.717) is 10.7 Å². The van der Waals surface area contributed by atoms with Gasteiger partial charge >= 0.3 is 0 Å². The van der Waals surface area contributed by atoms with Crippen LogP contribution >= 0.6 is 23.6 Å². The SMILES string of the molecule is C[C@H]1c2ccsc2CCN1C(=S)NC(=O)c1ccc(C(C)(C)C)cc1. The molecule has 1 aromatic heterocycles. The highest BCUT2D eigenvalue weighted by atomic mass is 32.1. The molecule has 1 atom stereocenters. The summed E-state index contributed by atoms with van der Waals surface area (Å²) in [6.45, 7) is 9.47. The second-order valence-electron chi connectivity index (χ2n) is 7.51.